The van der Waals surface area contributed by atoms with Gasteiger partial charge in [-0.1, -0.05) is 29.8 Å². The quantitative estimate of drug-likeness (QED) is 0.635. The van der Waals surface area contributed by atoms with Crippen LogP contribution in [-0.2, 0) is 19.6 Å². The SMILES string of the molecule is CCN(CC(C)C(=O)OC)S(=O)(=O)c1ccc(Br)cc1Br. The van der Waals surface area contributed by atoms with E-state index in [1.54, 1.807) is 26.0 Å². The van der Waals surface area contributed by atoms with Crippen LogP contribution in [0.2, 0.25) is 0 Å². The molecule has 0 N–H and O–H groups in total. The summed E-state index contributed by atoms with van der Waals surface area (Å²) in [6, 6.07) is 4.86. The Morgan fingerprint density at radius 3 is 2.48 bits per heavy atom. The summed E-state index contributed by atoms with van der Waals surface area (Å²) in [4.78, 5) is 11.7. The van der Waals surface area contributed by atoms with Crippen molar-refractivity contribution in [1.82, 2.24) is 4.31 Å². The zero-order valence-corrected chi connectivity index (χ0v) is 16.0. The molecule has 0 aliphatic carbocycles. The van der Waals surface area contributed by atoms with Crippen molar-refractivity contribution in [2.75, 3.05) is 20.2 Å². The highest BCUT2D eigenvalue weighted by molar-refractivity contribution is 9.11. The Hall–Kier alpha value is -0.440. The van der Waals surface area contributed by atoms with Crippen LogP contribution in [0.25, 0.3) is 0 Å². The minimum Gasteiger partial charge on any atom is -0.469 e. The molecule has 0 aliphatic rings. The fourth-order valence-electron chi connectivity index (χ4n) is 1.80. The van der Waals surface area contributed by atoms with Gasteiger partial charge in [0.15, 0.2) is 0 Å². The Labute approximate surface area is 142 Å². The van der Waals surface area contributed by atoms with Gasteiger partial charge in [-0.25, -0.2) is 8.42 Å². The van der Waals surface area contributed by atoms with E-state index < -0.39 is 21.9 Å². The molecule has 1 aromatic rings. The summed E-state index contributed by atoms with van der Waals surface area (Å²) < 4.78 is 32.5. The lowest BCUT2D eigenvalue weighted by Gasteiger charge is -2.23. The van der Waals surface area contributed by atoms with Crippen molar-refractivity contribution in [3.63, 3.8) is 0 Å². The van der Waals surface area contributed by atoms with Crippen LogP contribution in [0.3, 0.4) is 0 Å². The van der Waals surface area contributed by atoms with Crippen LogP contribution in [0.4, 0.5) is 0 Å². The molecule has 1 atom stereocenters. The van der Waals surface area contributed by atoms with Gasteiger partial charge in [0.25, 0.3) is 0 Å². The summed E-state index contributed by atoms with van der Waals surface area (Å²) in [6.45, 7) is 3.72. The number of nitrogens with zero attached hydrogens (tertiary/aromatic N) is 1. The smallest absolute Gasteiger partial charge is 0.309 e. The van der Waals surface area contributed by atoms with Crippen molar-refractivity contribution in [1.29, 1.82) is 0 Å². The van der Waals surface area contributed by atoms with E-state index in [-0.39, 0.29) is 18.0 Å². The molecule has 1 unspecified atom stereocenters. The second-order valence-electron chi connectivity index (χ2n) is 4.45. The summed E-state index contributed by atoms with van der Waals surface area (Å²) in [5.41, 5.74) is 0. The molecule has 118 valence electrons. The van der Waals surface area contributed by atoms with Gasteiger partial charge < -0.3 is 4.74 Å². The molecule has 0 aliphatic heterocycles. The van der Waals surface area contributed by atoms with Crippen LogP contribution >= 0.6 is 31.9 Å². The van der Waals surface area contributed by atoms with E-state index in [9.17, 15) is 13.2 Å². The number of halogens is 2. The highest BCUT2D eigenvalue weighted by atomic mass is 79.9. The maximum absolute atomic E-state index is 12.7. The van der Waals surface area contributed by atoms with Crippen LogP contribution in [-0.4, -0.2) is 38.9 Å². The third-order valence-corrected chi connectivity index (χ3v) is 6.36. The van der Waals surface area contributed by atoms with Crippen molar-refractivity contribution in [2.45, 2.75) is 18.7 Å². The normalized spacial score (nSPS) is 13.2. The predicted octanol–water partition coefficient (Wildman–Crippen LogP) is 3.03. The van der Waals surface area contributed by atoms with E-state index in [4.69, 9.17) is 0 Å². The highest BCUT2D eigenvalue weighted by Crippen LogP contribution is 2.28. The van der Waals surface area contributed by atoms with E-state index >= 15 is 0 Å². The predicted molar refractivity (Wildman–Crippen MR) is 87.5 cm³/mol. The zero-order chi connectivity index (χ0) is 16.2. The lowest BCUT2D eigenvalue weighted by molar-refractivity contribution is -0.145. The van der Waals surface area contributed by atoms with Gasteiger partial charge in [0.05, 0.1) is 17.9 Å². The first kappa shape index (κ1) is 18.6. The average molecular weight is 443 g/mol. The molecule has 0 fully saturated rings. The minimum atomic E-state index is -3.68. The number of ether oxygens (including phenoxy) is 1. The van der Waals surface area contributed by atoms with Gasteiger partial charge in [-0.15, -0.1) is 0 Å². The van der Waals surface area contributed by atoms with Gasteiger partial charge in [0.1, 0.15) is 0 Å². The van der Waals surface area contributed by atoms with Gasteiger partial charge in [-0.3, -0.25) is 4.79 Å². The first-order valence-electron chi connectivity index (χ1n) is 6.27. The number of carbonyl (C=O) groups excluding carboxylic acids is 1. The van der Waals surface area contributed by atoms with Crippen LogP contribution in [0.1, 0.15) is 13.8 Å². The number of carbonyl (C=O) groups is 1. The molecule has 0 heterocycles. The Morgan fingerprint density at radius 2 is 2.00 bits per heavy atom. The number of benzene rings is 1. The zero-order valence-electron chi connectivity index (χ0n) is 12.0. The van der Waals surface area contributed by atoms with Crippen LogP contribution in [0, 0.1) is 5.92 Å². The topological polar surface area (TPSA) is 63.7 Å². The second-order valence-corrected chi connectivity index (χ2v) is 8.13. The molecular weight excluding hydrogens is 426 g/mol. The Balaban J connectivity index is 3.11. The number of methoxy groups -OCH3 is 1. The summed E-state index contributed by atoms with van der Waals surface area (Å²) in [6.07, 6.45) is 0. The Kier molecular flexibility index (Phi) is 6.83. The molecule has 0 radical (unpaired) electrons. The molecule has 0 saturated carbocycles. The maximum atomic E-state index is 12.7. The lowest BCUT2D eigenvalue weighted by Crippen LogP contribution is -2.37. The molecule has 1 aromatic carbocycles. The average Bonchev–Trinajstić information content (AvgIpc) is 2.42. The number of hydrogen-bond acceptors (Lipinski definition) is 4. The molecule has 0 saturated heterocycles. The first-order chi connectivity index (χ1) is 9.73. The van der Waals surface area contributed by atoms with Crippen molar-refractivity contribution in [3.8, 4) is 0 Å². The summed E-state index contributed by atoms with van der Waals surface area (Å²) in [5, 5.41) is 0. The summed E-state index contributed by atoms with van der Waals surface area (Å²) >= 11 is 6.55. The molecule has 21 heavy (non-hydrogen) atoms. The van der Waals surface area contributed by atoms with Gasteiger partial charge in [0.2, 0.25) is 10.0 Å². The lowest BCUT2D eigenvalue weighted by atomic mass is 10.2. The van der Waals surface area contributed by atoms with Crippen LogP contribution < -0.4 is 0 Å². The monoisotopic (exact) mass is 441 g/mol. The molecular formula is C13H17Br2NO4S. The van der Waals surface area contributed by atoms with Gasteiger partial charge in [0, 0.05) is 22.0 Å². The fraction of sp³-hybridized carbons (Fsp3) is 0.462. The van der Waals surface area contributed by atoms with Gasteiger partial charge in [-0.2, -0.15) is 4.31 Å². The summed E-state index contributed by atoms with van der Waals surface area (Å²) in [5.74, 6) is -0.961. The number of sulfonamides is 1. The fourth-order valence-corrected chi connectivity index (χ4v) is 5.05. The third-order valence-electron chi connectivity index (χ3n) is 2.95. The number of hydrogen-bond donors (Lipinski definition) is 0. The molecule has 5 nitrogen and oxygen atoms in total. The largest absolute Gasteiger partial charge is 0.469 e. The standard InChI is InChI=1S/C13H17Br2NO4S/c1-4-16(8-9(2)13(17)20-3)21(18,19)12-6-5-10(14)7-11(12)15/h5-7,9H,4,8H2,1-3H3. The number of rotatable bonds is 6. The van der Waals surface area contributed by atoms with E-state index in [2.05, 4.69) is 36.6 Å². The van der Waals surface area contributed by atoms with Gasteiger partial charge in [-0.05, 0) is 34.1 Å². The van der Waals surface area contributed by atoms with Gasteiger partial charge >= 0.3 is 5.97 Å². The van der Waals surface area contributed by atoms with E-state index in [1.807, 2.05) is 0 Å². The molecule has 0 bridgehead atoms. The van der Waals surface area contributed by atoms with E-state index in [0.29, 0.717) is 4.47 Å². The first-order valence-corrected chi connectivity index (χ1v) is 9.29. The van der Waals surface area contributed by atoms with Crippen LogP contribution in [0.5, 0.6) is 0 Å². The molecule has 0 aromatic heterocycles. The summed E-state index contributed by atoms with van der Waals surface area (Å²) in [7, 11) is -2.39. The van der Waals surface area contributed by atoms with Crippen molar-refractivity contribution in [3.05, 3.63) is 27.1 Å². The number of esters is 1. The van der Waals surface area contributed by atoms with E-state index in [1.165, 1.54) is 17.5 Å². The minimum absolute atomic E-state index is 0.0774. The second kappa shape index (κ2) is 7.71. The van der Waals surface area contributed by atoms with Crippen molar-refractivity contribution in [2.24, 2.45) is 5.92 Å². The Bertz CT molecular complexity index is 619. The maximum Gasteiger partial charge on any atom is 0.309 e. The molecule has 1 rings (SSSR count). The highest BCUT2D eigenvalue weighted by Gasteiger charge is 2.28. The third kappa shape index (κ3) is 4.51. The molecule has 0 amide bonds. The molecule has 8 heteroatoms. The van der Waals surface area contributed by atoms with Crippen LogP contribution in [0.15, 0.2) is 32.0 Å². The van der Waals surface area contributed by atoms with E-state index in [0.717, 1.165) is 4.47 Å². The Morgan fingerprint density at radius 1 is 1.38 bits per heavy atom. The van der Waals surface area contributed by atoms with Crippen molar-refractivity contribution < 1.29 is 17.9 Å². The molecule has 0 spiro atoms. The van der Waals surface area contributed by atoms with Crippen molar-refractivity contribution >= 4 is 47.9 Å².